The first-order chi connectivity index (χ1) is 8.54. The molecular weight excluding hydrogens is 352 g/mol. The highest BCUT2D eigenvalue weighted by molar-refractivity contribution is 9.10. The zero-order chi connectivity index (χ0) is 13.2. The van der Waals surface area contributed by atoms with Crippen molar-refractivity contribution in [1.29, 1.82) is 0 Å². The summed E-state index contributed by atoms with van der Waals surface area (Å²) >= 11 is 3.31. The molecule has 0 unspecified atom stereocenters. The maximum Gasteiger partial charge on any atom is 0.243 e. The van der Waals surface area contributed by atoms with E-state index in [0.717, 1.165) is 17.3 Å². The standard InChI is InChI=1S/C12H17BrN2O2S.ClH/c1-14-11-5-7-15(8-6-11)18(16,17)12-4-2-3-10(13)9-12;/h2-4,9,11,14H,5-8H2,1H3;1H. The molecule has 1 saturated heterocycles. The number of rotatable bonds is 3. The van der Waals surface area contributed by atoms with Crippen LogP contribution in [0.15, 0.2) is 33.6 Å². The van der Waals surface area contributed by atoms with E-state index in [9.17, 15) is 8.42 Å². The van der Waals surface area contributed by atoms with E-state index in [2.05, 4.69) is 21.2 Å². The number of sulfonamides is 1. The Labute approximate surface area is 129 Å². The minimum absolute atomic E-state index is 0. The number of hydrogen-bond donors (Lipinski definition) is 1. The molecule has 0 atom stereocenters. The summed E-state index contributed by atoms with van der Waals surface area (Å²) in [4.78, 5) is 0.361. The second kappa shape index (κ2) is 7.04. The van der Waals surface area contributed by atoms with Crippen LogP contribution in [0.25, 0.3) is 0 Å². The van der Waals surface area contributed by atoms with Gasteiger partial charge in [0.15, 0.2) is 0 Å². The van der Waals surface area contributed by atoms with Crippen LogP contribution in [-0.4, -0.2) is 38.9 Å². The predicted octanol–water partition coefficient (Wildman–Crippen LogP) is 2.24. The molecular formula is C12H18BrClN2O2S. The van der Waals surface area contributed by atoms with E-state index in [1.807, 2.05) is 13.1 Å². The van der Waals surface area contributed by atoms with Crippen molar-refractivity contribution in [3.63, 3.8) is 0 Å². The molecule has 1 N–H and O–H groups in total. The van der Waals surface area contributed by atoms with E-state index in [1.165, 1.54) is 0 Å². The lowest BCUT2D eigenvalue weighted by atomic mass is 10.1. The summed E-state index contributed by atoms with van der Waals surface area (Å²) < 4.78 is 27.2. The number of halogens is 2. The van der Waals surface area contributed by atoms with Crippen LogP contribution in [0.5, 0.6) is 0 Å². The zero-order valence-corrected chi connectivity index (χ0v) is 13.9. The fourth-order valence-corrected chi connectivity index (χ4v) is 4.23. The Balaban J connectivity index is 0.00000180. The summed E-state index contributed by atoms with van der Waals surface area (Å²) in [6, 6.07) is 7.30. The second-order valence-electron chi connectivity index (χ2n) is 4.42. The maximum atomic E-state index is 12.4. The molecule has 0 aromatic heterocycles. The normalized spacial score (nSPS) is 18.0. The van der Waals surface area contributed by atoms with Crippen LogP contribution < -0.4 is 5.32 Å². The van der Waals surface area contributed by atoms with Crippen molar-refractivity contribution in [3.05, 3.63) is 28.7 Å². The molecule has 1 aromatic carbocycles. The maximum absolute atomic E-state index is 12.4. The Morgan fingerprint density at radius 1 is 1.32 bits per heavy atom. The fraction of sp³-hybridized carbons (Fsp3) is 0.500. The van der Waals surface area contributed by atoms with Crippen molar-refractivity contribution in [2.45, 2.75) is 23.8 Å². The first-order valence-corrected chi connectivity index (χ1v) is 8.20. The highest BCUT2D eigenvalue weighted by Gasteiger charge is 2.28. The summed E-state index contributed by atoms with van der Waals surface area (Å²) in [5, 5.41) is 3.20. The molecule has 0 saturated carbocycles. The van der Waals surface area contributed by atoms with Gasteiger partial charge in [0.05, 0.1) is 4.90 Å². The minimum Gasteiger partial charge on any atom is -0.317 e. The van der Waals surface area contributed by atoms with Gasteiger partial charge in [-0.1, -0.05) is 22.0 Å². The molecule has 1 heterocycles. The molecule has 4 nitrogen and oxygen atoms in total. The Morgan fingerprint density at radius 2 is 1.95 bits per heavy atom. The quantitative estimate of drug-likeness (QED) is 0.889. The number of hydrogen-bond acceptors (Lipinski definition) is 3. The summed E-state index contributed by atoms with van der Waals surface area (Å²) in [6.45, 7) is 1.17. The Hall–Kier alpha value is -0.140. The van der Waals surface area contributed by atoms with E-state index in [0.29, 0.717) is 24.0 Å². The van der Waals surface area contributed by atoms with Crippen LogP contribution in [0.1, 0.15) is 12.8 Å². The van der Waals surface area contributed by atoms with Crippen molar-refractivity contribution < 1.29 is 8.42 Å². The van der Waals surface area contributed by atoms with Gasteiger partial charge in [0.2, 0.25) is 10.0 Å². The van der Waals surface area contributed by atoms with Crippen molar-refractivity contribution in [1.82, 2.24) is 9.62 Å². The Morgan fingerprint density at radius 3 is 2.47 bits per heavy atom. The first kappa shape index (κ1) is 16.9. The van der Waals surface area contributed by atoms with Gasteiger partial charge >= 0.3 is 0 Å². The summed E-state index contributed by atoms with van der Waals surface area (Å²) in [7, 11) is -1.42. The molecule has 1 fully saturated rings. The molecule has 0 spiro atoms. The summed E-state index contributed by atoms with van der Waals surface area (Å²) in [6.07, 6.45) is 1.73. The monoisotopic (exact) mass is 368 g/mol. The molecule has 0 amide bonds. The van der Waals surface area contributed by atoms with Gasteiger partial charge in [0.1, 0.15) is 0 Å². The average Bonchev–Trinajstić information content (AvgIpc) is 2.39. The van der Waals surface area contributed by atoms with Gasteiger partial charge in [-0.05, 0) is 38.1 Å². The van der Waals surface area contributed by atoms with Crippen LogP contribution >= 0.6 is 28.3 Å². The smallest absolute Gasteiger partial charge is 0.243 e. The van der Waals surface area contributed by atoms with Crippen LogP contribution in [-0.2, 0) is 10.0 Å². The van der Waals surface area contributed by atoms with E-state index in [-0.39, 0.29) is 12.4 Å². The van der Waals surface area contributed by atoms with Gasteiger partial charge in [-0.15, -0.1) is 12.4 Å². The van der Waals surface area contributed by atoms with E-state index in [1.54, 1.807) is 22.5 Å². The Kier molecular flexibility index (Phi) is 6.26. The van der Waals surface area contributed by atoms with Crippen molar-refractivity contribution in [2.24, 2.45) is 0 Å². The fourth-order valence-electron chi connectivity index (χ4n) is 2.16. The highest BCUT2D eigenvalue weighted by Crippen LogP contribution is 2.23. The van der Waals surface area contributed by atoms with E-state index < -0.39 is 10.0 Å². The number of nitrogens with one attached hydrogen (secondary N) is 1. The van der Waals surface area contributed by atoms with Gasteiger partial charge in [-0.3, -0.25) is 0 Å². The lowest BCUT2D eigenvalue weighted by Gasteiger charge is -2.31. The topological polar surface area (TPSA) is 49.4 Å². The molecule has 0 aliphatic carbocycles. The summed E-state index contributed by atoms with van der Waals surface area (Å²) in [5.41, 5.74) is 0. The molecule has 0 radical (unpaired) electrons. The van der Waals surface area contributed by atoms with E-state index >= 15 is 0 Å². The SMILES string of the molecule is CNC1CCN(S(=O)(=O)c2cccc(Br)c2)CC1.Cl. The lowest BCUT2D eigenvalue weighted by molar-refractivity contribution is 0.298. The molecule has 7 heteroatoms. The molecule has 2 rings (SSSR count). The molecule has 19 heavy (non-hydrogen) atoms. The average molecular weight is 370 g/mol. The Bertz CT molecular complexity index is 516. The van der Waals surface area contributed by atoms with Gasteiger partial charge in [-0.25, -0.2) is 8.42 Å². The third-order valence-corrected chi connectivity index (χ3v) is 5.68. The molecule has 1 aromatic rings. The molecule has 0 bridgehead atoms. The van der Waals surface area contributed by atoms with Gasteiger partial charge in [0.25, 0.3) is 0 Å². The highest BCUT2D eigenvalue weighted by atomic mass is 79.9. The summed E-state index contributed by atoms with van der Waals surface area (Å²) in [5.74, 6) is 0. The van der Waals surface area contributed by atoms with Crippen LogP contribution in [0.2, 0.25) is 0 Å². The second-order valence-corrected chi connectivity index (χ2v) is 7.28. The molecule has 1 aliphatic heterocycles. The minimum atomic E-state index is -3.34. The third-order valence-electron chi connectivity index (χ3n) is 3.30. The van der Waals surface area contributed by atoms with Crippen LogP contribution in [0.3, 0.4) is 0 Å². The van der Waals surface area contributed by atoms with Crippen LogP contribution in [0, 0.1) is 0 Å². The molecule has 108 valence electrons. The van der Waals surface area contributed by atoms with Gasteiger partial charge in [0, 0.05) is 23.6 Å². The van der Waals surface area contributed by atoms with Crippen LogP contribution in [0.4, 0.5) is 0 Å². The van der Waals surface area contributed by atoms with Gasteiger partial charge in [-0.2, -0.15) is 4.31 Å². The number of nitrogens with zero attached hydrogens (tertiary/aromatic N) is 1. The number of piperidine rings is 1. The number of benzene rings is 1. The predicted molar refractivity (Wildman–Crippen MR) is 82.2 cm³/mol. The van der Waals surface area contributed by atoms with Gasteiger partial charge < -0.3 is 5.32 Å². The lowest BCUT2D eigenvalue weighted by Crippen LogP contribution is -2.43. The first-order valence-electron chi connectivity index (χ1n) is 5.97. The zero-order valence-electron chi connectivity index (χ0n) is 10.7. The van der Waals surface area contributed by atoms with Crippen molar-refractivity contribution in [2.75, 3.05) is 20.1 Å². The largest absolute Gasteiger partial charge is 0.317 e. The van der Waals surface area contributed by atoms with Crippen molar-refractivity contribution >= 4 is 38.4 Å². The third kappa shape index (κ3) is 3.92. The van der Waals surface area contributed by atoms with E-state index in [4.69, 9.17) is 0 Å². The molecule has 1 aliphatic rings. The van der Waals surface area contributed by atoms with Crippen molar-refractivity contribution in [3.8, 4) is 0 Å².